The molecule has 4 nitrogen and oxygen atoms in total. The number of thiophene rings is 1. The fraction of sp³-hybridized carbons (Fsp3) is 0.111. The van der Waals surface area contributed by atoms with Gasteiger partial charge in [-0.3, -0.25) is 4.79 Å². The van der Waals surface area contributed by atoms with Gasteiger partial charge in [0, 0.05) is 22.2 Å². The van der Waals surface area contributed by atoms with Gasteiger partial charge in [-0.1, -0.05) is 6.07 Å². The maximum Gasteiger partial charge on any atom is 0.348 e. The second kappa shape index (κ2) is 7.17. The first-order valence-electron chi connectivity index (χ1n) is 7.43. The average molecular weight is 379 g/mol. The fourth-order valence-electron chi connectivity index (χ4n) is 2.53. The molecule has 0 aliphatic rings. The zero-order valence-corrected chi connectivity index (χ0v) is 14.3. The van der Waals surface area contributed by atoms with Crippen molar-refractivity contribution in [2.75, 3.05) is 7.11 Å². The number of hydrogen-bond acceptors (Lipinski definition) is 4. The molecule has 0 spiro atoms. The Morgan fingerprint density at radius 2 is 1.88 bits per heavy atom. The molecule has 0 unspecified atom stereocenters. The van der Waals surface area contributed by atoms with Crippen LogP contribution in [0.1, 0.15) is 25.6 Å². The summed E-state index contributed by atoms with van der Waals surface area (Å²) in [5.74, 6) is -3.77. The van der Waals surface area contributed by atoms with E-state index in [1.54, 1.807) is 6.07 Å². The van der Waals surface area contributed by atoms with Gasteiger partial charge in [0.15, 0.2) is 0 Å². The number of esters is 1. The predicted octanol–water partition coefficient (Wildman–Crippen LogP) is 4.04. The van der Waals surface area contributed by atoms with Gasteiger partial charge in [0.25, 0.3) is 5.91 Å². The summed E-state index contributed by atoms with van der Waals surface area (Å²) in [6.07, 6.45) is 0. The van der Waals surface area contributed by atoms with E-state index in [0.29, 0.717) is 4.70 Å². The average Bonchev–Trinajstić information content (AvgIpc) is 3.01. The van der Waals surface area contributed by atoms with E-state index in [4.69, 9.17) is 4.74 Å². The molecule has 26 heavy (non-hydrogen) atoms. The van der Waals surface area contributed by atoms with Crippen LogP contribution in [-0.4, -0.2) is 19.0 Å². The smallest absolute Gasteiger partial charge is 0.348 e. The van der Waals surface area contributed by atoms with Gasteiger partial charge in [-0.2, -0.15) is 0 Å². The Morgan fingerprint density at radius 1 is 1.12 bits per heavy atom. The molecule has 0 aliphatic heterocycles. The highest BCUT2D eigenvalue weighted by Gasteiger charge is 2.22. The maximum atomic E-state index is 14.2. The molecule has 0 radical (unpaired) electrons. The molecule has 1 N–H and O–H groups in total. The Kier molecular flexibility index (Phi) is 4.94. The third-order valence-electron chi connectivity index (χ3n) is 3.73. The minimum Gasteiger partial charge on any atom is -0.465 e. The van der Waals surface area contributed by atoms with E-state index in [-0.39, 0.29) is 22.4 Å². The van der Waals surface area contributed by atoms with Crippen LogP contribution in [0.3, 0.4) is 0 Å². The topological polar surface area (TPSA) is 55.4 Å². The minimum atomic E-state index is -0.890. The van der Waals surface area contributed by atoms with Gasteiger partial charge in [-0.15, -0.1) is 11.3 Å². The third-order valence-corrected chi connectivity index (χ3v) is 4.91. The first-order valence-corrected chi connectivity index (χ1v) is 8.25. The summed E-state index contributed by atoms with van der Waals surface area (Å²) in [4.78, 5) is 24.3. The molecule has 3 aromatic rings. The number of carbonyl (C=O) groups excluding carboxylic acids is 2. The molecule has 0 atom stereocenters. The van der Waals surface area contributed by atoms with Crippen LogP contribution in [0.5, 0.6) is 0 Å². The molecule has 1 aromatic heterocycles. The Balaban J connectivity index is 1.96. The van der Waals surface area contributed by atoms with Crippen molar-refractivity contribution >= 4 is 33.3 Å². The monoisotopic (exact) mass is 379 g/mol. The van der Waals surface area contributed by atoms with Crippen LogP contribution in [-0.2, 0) is 11.3 Å². The first kappa shape index (κ1) is 17.9. The van der Waals surface area contributed by atoms with Crippen molar-refractivity contribution < 1.29 is 27.5 Å². The van der Waals surface area contributed by atoms with Crippen molar-refractivity contribution in [3.63, 3.8) is 0 Å². The number of carbonyl (C=O) groups is 2. The van der Waals surface area contributed by atoms with E-state index in [2.05, 4.69) is 5.32 Å². The number of benzene rings is 2. The molecule has 0 aliphatic carbocycles. The fourth-order valence-corrected chi connectivity index (χ4v) is 3.68. The molecule has 3 rings (SSSR count). The largest absolute Gasteiger partial charge is 0.465 e. The number of ether oxygens (including phenoxy) is 1. The maximum absolute atomic E-state index is 14.2. The summed E-state index contributed by atoms with van der Waals surface area (Å²) in [5.41, 5.74) is -0.260. The van der Waals surface area contributed by atoms with Crippen LogP contribution in [0.4, 0.5) is 13.2 Å². The second-order valence-electron chi connectivity index (χ2n) is 5.32. The predicted molar refractivity (Wildman–Crippen MR) is 90.7 cm³/mol. The van der Waals surface area contributed by atoms with Crippen molar-refractivity contribution in [1.82, 2.24) is 5.32 Å². The van der Waals surface area contributed by atoms with Crippen LogP contribution in [0.25, 0.3) is 10.1 Å². The van der Waals surface area contributed by atoms with Crippen LogP contribution in [0.2, 0.25) is 0 Å². The summed E-state index contributed by atoms with van der Waals surface area (Å²) in [5, 5.41) is 2.57. The summed E-state index contributed by atoms with van der Waals surface area (Å²) < 4.78 is 46.4. The second-order valence-corrected chi connectivity index (χ2v) is 6.37. The first-order chi connectivity index (χ1) is 12.4. The molecule has 2 aromatic carbocycles. The summed E-state index contributed by atoms with van der Waals surface area (Å²) in [6, 6.07) is 6.85. The van der Waals surface area contributed by atoms with Gasteiger partial charge in [-0.05, 0) is 30.3 Å². The third kappa shape index (κ3) is 3.28. The SMILES string of the molecule is COC(=O)c1sc2cccc(F)c2c1CNC(=O)c1cc(F)ccc1F. The van der Waals surface area contributed by atoms with Gasteiger partial charge in [0.2, 0.25) is 0 Å². The van der Waals surface area contributed by atoms with E-state index in [1.807, 2.05) is 0 Å². The van der Waals surface area contributed by atoms with Gasteiger partial charge in [0.1, 0.15) is 22.3 Å². The van der Waals surface area contributed by atoms with Crippen molar-refractivity contribution in [3.8, 4) is 0 Å². The lowest BCUT2D eigenvalue weighted by Crippen LogP contribution is -2.24. The number of methoxy groups -OCH3 is 1. The Morgan fingerprint density at radius 3 is 2.62 bits per heavy atom. The zero-order chi connectivity index (χ0) is 18.8. The zero-order valence-electron chi connectivity index (χ0n) is 13.4. The highest BCUT2D eigenvalue weighted by Crippen LogP contribution is 2.33. The highest BCUT2D eigenvalue weighted by atomic mass is 32.1. The lowest BCUT2D eigenvalue weighted by Gasteiger charge is -2.08. The van der Waals surface area contributed by atoms with Gasteiger partial charge in [-0.25, -0.2) is 18.0 Å². The van der Waals surface area contributed by atoms with Crippen molar-refractivity contribution in [3.05, 3.63) is 69.9 Å². The lowest BCUT2D eigenvalue weighted by atomic mass is 10.1. The molecule has 0 bridgehead atoms. The van der Waals surface area contributed by atoms with Crippen LogP contribution in [0, 0.1) is 17.5 Å². The Labute approximate surface area is 150 Å². The van der Waals surface area contributed by atoms with E-state index in [9.17, 15) is 22.8 Å². The minimum absolute atomic E-state index is 0.132. The summed E-state index contributed by atoms with van der Waals surface area (Å²) in [7, 11) is 1.19. The molecule has 0 fully saturated rings. The van der Waals surface area contributed by atoms with E-state index >= 15 is 0 Å². The van der Waals surface area contributed by atoms with Gasteiger partial charge < -0.3 is 10.1 Å². The Bertz CT molecular complexity index is 1020. The molecule has 1 heterocycles. The molecule has 0 saturated carbocycles. The van der Waals surface area contributed by atoms with E-state index < -0.39 is 34.9 Å². The molecular weight excluding hydrogens is 367 g/mol. The molecule has 0 saturated heterocycles. The van der Waals surface area contributed by atoms with Crippen molar-refractivity contribution in [2.45, 2.75) is 6.54 Å². The highest BCUT2D eigenvalue weighted by molar-refractivity contribution is 7.21. The standard InChI is InChI=1S/C18H12F3NO3S/c1-25-18(24)16-11(15-13(21)3-2-4-14(15)26-16)8-22-17(23)10-7-9(19)5-6-12(10)20/h2-7H,8H2,1H3,(H,22,23). The summed E-state index contributed by atoms with van der Waals surface area (Å²) >= 11 is 1.02. The number of halogens is 3. The van der Waals surface area contributed by atoms with Crippen LogP contribution < -0.4 is 5.32 Å². The Hall–Kier alpha value is -2.87. The number of hydrogen-bond donors (Lipinski definition) is 1. The molecule has 1 amide bonds. The number of rotatable bonds is 4. The van der Waals surface area contributed by atoms with Crippen LogP contribution >= 0.6 is 11.3 Å². The number of nitrogens with one attached hydrogen (secondary N) is 1. The van der Waals surface area contributed by atoms with E-state index in [0.717, 1.165) is 29.5 Å². The van der Waals surface area contributed by atoms with Gasteiger partial charge >= 0.3 is 5.97 Å². The lowest BCUT2D eigenvalue weighted by molar-refractivity contribution is 0.0604. The van der Waals surface area contributed by atoms with Crippen molar-refractivity contribution in [2.24, 2.45) is 0 Å². The quantitative estimate of drug-likeness (QED) is 0.697. The normalized spacial score (nSPS) is 10.8. The van der Waals surface area contributed by atoms with Crippen LogP contribution in [0.15, 0.2) is 36.4 Å². The van der Waals surface area contributed by atoms with E-state index in [1.165, 1.54) is 19.2 Å². The van der Waals surface area contributed by atoms with Gasteiger partial charge in [0.05, 0.1) is 12.7 Å². The molecule has 8 heteroatoms. The molecular formula is C18H12F3NO3S. The molecule has 134 valence electrons. The summed E-state index contributed by atoms with van der Waals surface area (Å²) in [6.45, 7) is -0.250. The number of amides is 1. The van der Waals surface area contributed by atoms with Crippen molar-refractivity contribution in [1.29, 1.82) is 0 Å². The number of fused-ring (bicyclic) bond motifs is 1.